The van der Waals surface area contributed by atoms with Gasteiger partial charge in [-0.15, -0.1) is 11.3 Å². The van der Waals surface area contributed by atoms with Crippen molar-refractivity contribution in [1.82, 2.24) is 15.0 Å². The molecule has 1 aliphatic heterocycles. The summed E-state index contributed by atoms with van der Waals surface area (Å²) in [5.41, 5.74) is 0.853. The van der Waals surface area contributed by atoms with Gasteiger partial charge in [0.15, 0.2) is 0 Å². The molecule has 1 fully saturated rings. The molecular formula is C18H19N3O2S. The Hall–Kier alpha value is -2.18. The van der Waals surface area contributed by atoms with Crippen molar-refractivity contribution in [2.24, 2.45) is 0 Å². The molecule has 0 N–H and O–H groups in total. The zero-order valence-electron chi connectivity index (χ0n) is 13.5. The van der Waals surface area contributed by atoms with Gasteiger partial charge in [-0.2, -0.15) is 4.98 Å². The van der Waals surface area contributed by atoms with Crippen LogP contribution in [0.1, 0.15) is 29.7 Å². The number of hydrogen-bond acceptors (Lipinski definition) is 6. The van der Waals surface area contributed by atoms with Gasteiger partial charge < -0.3 is 9.26 Å². The topological polar surface area (TPSA) is 51.4 Å². The molecule has 0 aliphatic carbocycles. The van der Waals surface area contributed by atoms with Gasteiger partial charge in [-0.3, -0.25) is 4.90 Å². The van der Waals surface area contributed by atoms with Crippen LogP contribution in [0, 0.1) is 0 Å². The minimum Gasteiger partial charge on any atom is -0.496 e. The quantitative estimate of drug-likeness (QED) is 0.698. The lowest BCUT2D eigenvalue weighted by molar-refractivity contribution is 0.214. The highest BCUT2D eigenvalue weighted by Crippen LogP contribution is 2.35. The van der Waals surface area contributed by atoms with Gasteiger partial charge in [0.25, 0.3) is 0 Å². The number of aromatic nitrogens is 2. The van der Waals surface area contributed by atoms with Gasteiger partial charge in [-0.1, -0.05) is 23.4 Å². The van der Waals surface area contributed by atoms with E-state index in [1.54, 1.807) is 7.11 Å². The average Bonchev–Trinajstić information content (AvgIpc) is 3.36. The van der Waals surface area contributed by atoms with Crippen molar-refractivity contribution in [2.75, 3.05) is 13.7 Å². The molecule has 124 valence electrons. The largest absolute Gasteiger partial charge is 0.496 e. The second-order valence-electron chi connectivity index (χ2n) is 5.86. The van der Waals surface area contributed by atoms with Crippen LogP contribution in [0.25, 0.3) is 11.4 Å². The molecule has 1 atom stereocenters. The van der Waals surface area contributed by atoms with Crippen LogP contribution in [0.5, 0.6) is 5.75 Å². The zero-order chi connectivity index (χ0) is 16.4. The van der Waals surface area contributed by atoms with Gasteiger partial charge in [-0.25, -0.2) is 0 Å². The molecule has 1 saturated heterocycles. The Morgan fingerprint density at radius 1 is 1.29 bits per heavy atom. The van der Waals surface area contributed by atoms with Gasteiger partial charge >= 0.3 is 0 Å². The number of benzene rings is 1. The standard InChI is InChI=1S/C18H19N3O2S/c1-22-15-8-3-2-6-13(15)18-19-17(23-20-18)12-21-10-4-7-14(21)16-9-5-11-24-16/h2-3,5-6,8-9,11,14H,4,7,10,12H2,1H3/t14-/m0/s1. The van der Waals surface area contributed by atoms with E-state index in [0.717, 1.165) is 17.9 Å². The van der Waals surface area contributed by atoms with Crippen LogP contribution in [-0.2, 0) is 6.54 Å². The third-order valence-electron chi connectivity index (χ3n) is 4.39. The number of para-hydroxylation sites is 1. The SMILES string of the molecule is COc1ccccc1-c1noc(CN2CCC[C@H]2c2cccs2)n1. The van der Waals surface area contributed by atoms with E-state index in [0.29, 0.717) is 24.3 Å². The Kier molecular flexibility index (Phi) is 4.32. The molecule has 6 heteroatoms. The van der Waals surface area contributed by atoms with E-state index in [9.17, 15) is 0 Å². The fourth-order valence-electron chi connectivity index (χ4n) is 3.25. The molecule has 0 unspecified atom stereocenters. The molecule has 3 aromatic rings. The maximum absolute atomic E-state index is 5.49. The molecule has 3 heterocycles. The van der Waals surface area contributed by atoms with Gasteiger partial charge in [-0.05, 0) is 43.0 Å². The fourth-order valence-corrected chi connectivity index (χ4v) is 4.15. The first kappa shape index (κ1) is 15.4. The third-order valence-corrected chi connectivity index (χ3v) is 5.36. The van der Waals surface area contributed by atoms with Crippen molar-refractivity contribution in [3.63, 3.8) is 0 Å². The van der Waals surface area contributed by atoms with E-state index in [-0.39, 0.29) is 0 Å². The molecule has 0 radical (unpaired) electrons. The molecule has 0 bridgehead atoms. The summed E-state index contributed by atoms with van der Waals surface area (Å²) in [5.74, 6) is 1.98. The van der Waals surface area contributed by atoms with Crippen molar-refractivity contribution < 1.29 is 9.26 Å². The molecule has 2 aromatic heterocycles. The molecular weight excluding hydrogens is 322 g/mol. The first-order valence-electron chi connectivity index (χ1n) is 8.08. The number of nitrogens with zero attached hydrogens (tertiary/aromatic N) is 3. The van der Waals surface area contributed by atoms with E-state index < -0.39 is 0 Å². The van der Waals surface area contributed by atoms with E-state index in [1.807, 2.05) is 35.6 Å². The predicted molar refractivity (Wildman–Crippen MR) is 93.0 cm³/mol. The van der Waals surface area contributed by atoms with Gasteiger partial charge in [0.05, 0.1) is 19.2 Å². The number of rotatable bonds is 5. The highest BCUT2D eigenvalue weighted by molar-refractivity contribution is 7.10. The molecule has 1 aromatic carbocycles. The maximum atomic E-state index is 5.49. The molecule has 4 rings (SSSR count). The maximum Gasteiger partial charge on any atom is 0.241 e. The lowest BCUT2D eigenvalue weighted by Gasteiger charge is -2.21. The van der Waals surface area contributed by atoms with Crippen LogP contribution in [-0.4, -0.2) is 28.7 Å². The van der Waals surface area contributed by atoms with Crippen molar-refractivity contribution in [1.29, 1.82) is 0 Å². The van der Waals surface area contributed by atoms with Gasteiger partial charge in [0, 0.05) is 10.9 Å². The highest BCUT2D eigenvalue weighted by Gasteiger charge is 2.28. The van der Waals surface area contributed by atoms with Crippen molar-refractivity contribution >= 4 is 11.3 Å². The Morgan fingerprint density at radius 2 is 2.21 bits per heavy atom. The summed E-state index contributed by atoms with van der Waals surface area (Å²) in [6, 6.07) is 12.5. The van der Waals surface area contributed by atoms with Crippen LogP contribution >= 0.6 is 11.3 Å². The molecule has 24 heavy (non-hydrogen) atoms. The summed E-state index contributed by atoms with van der Waals surface area (Å²) in [5, 5.41) is 6.27. The summed E-state index contributed by atoms with van der Waals surface area (Å²) in [7, 11) is 1.65. The second-order valence-corrected chi connectivity index (χ2v) is 6.84. The van der Waals surface area contributed by atoms with Crippen LogP contribution in [0.3, 0.4) is 0 Å². The summed E-state index contributed by atoms with van der Waals surface area (Å²) >= 11 is 1.82. The number of ether oxygens (including phenoxy) is 1. The Labute approximate surface area is 144 Å². The lowest BCUT2D eigenvalue weighted by atomic mass is 10.2. The predicted octanol–water partition coefficient (Wildman–Crippen LogP) is 4.14. The Balaban J connectivity index is 1.53. The zero-order valence-corrected chi connectivity index (χ0v) is 14.3. The van der Waals surface area contributed by atoms with Crippen LogP contribution in [0.4, 0.5) is 0 Å². The molecule has 5 nitrogen and oxygen atoms in total. The first-order chi connectivity index (χ1) is 11.8. The summed E-state index contributed by atoms with van der Waals surface area (Å²) in [4.78, 5) is 8.41. The number of likely N-dealkylation sites (tertiary alicyclic amines) is 1. The molecule has 1 aliphatic rings. The van der Waals surface area contributed by atoms with Gasteiger partial charge in [0.2, 0.25) is 11.7 Å². The monoisotopic (exact) mass is 341 g/mol. The lowest BCUT2D eigenvalue weighted by Crippen LogP contribution is -2.22. The fraction of sp³-hybridized carbons (Fsp3) is 0.333. The minimum absolute atomic E-state index is 0.464. The molecule has 0 spiro atoms. The normalized spacial score (nSPS) is 18.1. The summed E-state index contributed by atoms with van der Waals surface area (Å²) in [6.07, 6.45) is 2.39. The summed E-state index contributed by atoms with van der Waals surface area (Å²) < 4.78 is 10.9. The van der Waals surface area contributed by atoms with E-state index in [4.69, 9.17) is 9.26 Å². The van der Waals surface area contributed by atoms with Crippen molar-refractivity contribution in [2.45, 2.75) is 25.4 Å². The van der Waals surface area contributed by atoms with Crippen LogP contribution in [0.15, 0.2) is 46.3 Å². The van der Waals surface area contributed by atoms with E-state index in [1.165, 1.54) is 17.7 Å². The Morgan fingerprint density at radius 3 is 3.04 bits per heavy atom. The average molecular weight is 341 g/mol. The Bertz CT molecular complexity index is 800. The molecule has 0 amide bonds. The van der Waals surface area contributed by atoms with Gasteiger partial charge in [0.1, 0.15) is 5.75 Å². The minimum atomic E-state index is 0.464. The van der Waals surface area contributed by atoms with Crippen LogP contribution in [0.2, 0.25) is 0 Å². The van der Waals surface area contributed by atoms with Crippen LogP contribution < -0.4 is 4.74 Å². The summed E-state index contributed by atoms with van der Waals surface area (Å²) in [6.45, 7) is 1.75. The highest BCUT2D eigenvalue weighted by atomic mass is 32.1. The third kappa shape index (κ3) is 2.95. The van der Waals surface area contributed by atoms with Crippen molar-refractivity contribution in [3.05, 3.63) is 52.5 Å². The number of hydrogen-bond donors (Lipinski definition) is 0. The first-order valence-corrected chi connectivity index (χ1v) is 8.96. The molecule has 0 saturated carbocycles. The van der Waals surface area contributed by atoms with Crippen molar-refractivity contribution in [3.8, 4) is 17.1 Å². The number of thiophene rings is 1. The van der Waals surface area contributed by atoms with E-state index in [2.05, 4.69) is 32.6 Å². The second kappa shape index (κ2) is 6.75. The van der Waals surface area contributed by atoms with E-state index >= 15 is 0 Å². The smallest absolute Gasteiger partial charge is 0.241 e. The number of methoxy groups -OCH3 is 1.